The fraction of sp³-hybridized carbons (Fsp3) is 0.143. The van der Waals surface area contributed by atoms with Gasteiger partial charge in [-0.1, -0.05) is 16.6 Å². The molecule has 3 aromatic rings. The largest absolute Gasteiger partial charge is 0.353 e. The van der Waals surface area contributed by atoms with Gasteiger partial charge < -0.3 is 5.32 Å². The van der Waals surface area contributed by atoms with Crippen molar-refractivity contribution in [2.75, 3.05) is 5.32 Å². The van der Waals surface area contributed by atoms with Crippen molar-refractivity contribution in [2.45, 2.75) is 6.54 Å². The smallest absolute Gasteiger partial charge is 0.275 e. The first-order valence-electron chi connectivity index (χ1n) is 4.64. The maximum Gasteiger partial charge on any atom is 0.275 e. The van der Waals surface area contributed by atoms with Crippen molar-refractivity contribution in [1.82, 2.24) is 35.2 Å². The van der Waals surface area contributed by atoms with Crippen LogP contribution in [0.5, 0.6) is 0 Å². The van der Waals surface area contributed by atoms with Crippen LogP contribution in [0.25, 0.3) is 4.96 Å². The van der Waals surface area contributed by atoms with E-state index in [9.17, 15) is 4.79 Å². The number of nitrogens with zero attached hydrogens (tertiary/aromatic N) is 6. The molecule has 0 aliphatic carbocycles. The van der Waals surface area contributed by atoms with Crippen LogP contribution in [0.15, 0.2) is 17.1 Å². The van der Waals surface area contributed by atoms with Gasteiger partial charge in [-0.25, -0.2) is 4.98 Å². The lowest BCUT2D eigenvalue weighted by Crippen LogP contribution is -2.12. The van der Waals surface area contributed by atoms with E-state index in [2.05, 4.69) is 36.0 Å². The molecule has 0 spiro atoms. The van der Waals surface area contributed by atoms with Crippen LogP contribution in [0, 0.1) is 0 Å². The van der Waals surface area contributed by atoms with Gasteiger partial charge in [-0.15, -0.1) is 15.3 Å². The van der Waals surface area contributed by atoms with E-state index >= 15 is 0 Å². The molecular formula is C7H6N8OS. The SMILES string of the molecule is O=c1ccnc2sc(NCc3nn[nH]n3)nn12. The minimum absolute atomic E-state index is 0.209. The van der Waals surface area contributed by atoms with Gasteiger partial charge in [0, 0.05) is 12.3 Å². The Morgan fingerprint density at radius 3 is 3.24 bits per heavy atom. The van der Waals surface area contributed by atoms with Crippen LogP contribution in [0.2, 0.25) is 0 Å². The number of aromatic amines is 1. The molecule has 3 heterocycles. The highest BCUT2D eigenvalue weighted by Gasteiger charge is 2.06. The Morgan fingerprint density at radius 2 is 2.47 bits per heavy atom. The lowest BCUT2D eigenvalue weighted by Gasteiger charge is -1.94. The van der Waals surface area contributed by atoms with E-state index in [1.54, 1.807) is 0 Å². The highest BCUT2D eigenvalue weighted by molar-refractivity contribution is 7.20. The van der Waals surface area contributed by atoms with Crippen molar-refractivity contribution in [3.8, 4) is 0 Å². The second-order valence-corrected chi connectivity index (χ2v) is 4.02. The van der Waals surface area contributed by atoms with Gasteiger partial charge >= 0.3 is 0 Å². The Morgan fingerprint density at radius 1 is 1.53 bits per heavy atom. The van der Waals surface area contributed by atoms with Crippen LogP contribution < -0.4 is 10.9 Å². The summed E-state index contributed by atoms with van der Waals surface area (Å²) in [4.78, 5) is 16.0. The Hall–Kier alpha value is -2.36. The molecule has 3 aromatic heterocycles. The zero-order valence-corrected chi connectivity index (χ0v) is 9.18. The van der Waals surface area contributed by atoms with Gasteiger partial charge in [0.05, 0.1) is 6.54 Å². The Kier molecular flexibility index (Phi) is 2.26. The lowest BCUT2D eigenvalue weighted by molar-refractivity contribution is 0.881. The fourth-order valence-corrected chi connectivity index (χ4v) is 2.00. The molecule has 0 unspecified atom stereocenters. The Bertz CT molecular complexity index is 685. The summed E-state index contributed by atoms with van der Waals surface area (Å²) in [7, 11) is 0. The predicted octanol–water partition coefficient (Wildman–Crippen LogP) is -0.724. The molecule has 10 heteroatoms. The molecule has 0 amide bonds. The van der Waals surface area contributed by atoms with Gasteiger partial charge in [0.25, 0.3) is 5.56 Å². The van der Waals surface area contributed by atoms with Gasteiger partial charge in [0.2, 0.25) is 10.1 Å². The van der Waals surface area contributed by atoms with Crippen molar-refractivity contribution in [3.63, 3.8) is 0 Å². The number of nitrogens with one attached hydrogen (secondary N) is 2. The quantitative estimate of drug-likeness (QED) is 0.630. The van der Waals surface area contributed by atoms with Gasteiger partial charge in [-0.05, 0) is 0 Å². The summed E-state index contributed by atoms with van der Waals surface area (Å²) >= 11 is 1.28. The van der Waals surface area contributed by atoms with E-state index in [1.165, 1.54) is 28.1 Å². The summed E-state index contributed by atoms with van der Waals surface area (Å²) in [6.45, 7) is 0.380. The maximum atomic E-state index is 11.4. The molecule has 0 aliphatic rings. The van der Waals surface area contributed by atoms with Crippen molar-refractivity contribution < 1.29 is 0 Å². The van der Waals surface area contributed by atoms with Crippen molar-refractivity contribution in [3.05, 3.63) is 28.4 Å². The molecule has 0 bridgehead atoms. The third kappa shape index (κ3) is 1.85. The molecule has 0 aliphatic heterocycles. The summed E-state index contributed by atoms with van der Waals surface area (Å²) < 4.78 is 1.24. The first-order valence-corrected chi connectivity index (χ1v) is 5.46. The molecular weight excluding hydrogens is 244 g/mol. The molecule has 86 valence electrons. The van der Waals surface area contributed by atoms with E-state index in [1.807, 2.05) is 0 Å². The number of hydrogen-bond donors (Lipinski definition) is 2. The number of anilines is 1. The average molecular weight is 250 g/mol. The summed E-state index contributed by atoms with van der Waals surface area (Å²) in [5.41, 5.74) is -0.209. The van der Waals surface area contributed by atoms with Gasteiger partial charge in [0.15, 0.2) is 5.82 Å². The third-order valence-electron chi connectivity index (χ3n) is 1.96. The summed E-state index contributed by atoms with van der Waals surface area (Å²) in [6, 6.07) is 1.36. The number of rotatable bonds is 3. The summed E-state index contributed by atoms with van der Waals surface area (Å²) in [6.07, 6.45) is 1.46. The van der Waals surface area contributed by atoms with E-state index in [4.69, 9.17) is 0 Å². The van der Waals surface area contributed by atoms with Gasteiger partial charge in [-0.3, -0.25) is 4.79 Å². The molecule has 3 rings (SSSR count). The molecule has 0 aromatic carbocycles. The third-order valence-corrected chi connectivity index (χ3v) is 2.84. The lowest BCUT2D eigenvalue weighted by atomic mass is 10.6. The molecule has 2 N–H and O–H groups in total. The summed E-state index contributed by atoms with van der Waals surface area (Å²) in [5, 5.41) is 21.0. The molecule has 0 atom stereocenters. The van der Waals surface area contributed by atoms with E-state index < -0.39 is 0 Å². The van der Waals surface area contributed by atoms with E-state index in [0.29, 0.717) is 22.5 Å². The van der Waals surface area contributed by atoms with Crippen molar-refractivity contribution in [2.24, 2.45) is 0 Å². The topological polar surface area (TPSA) is 114 Å². The van der Waals surface area contributed by atoms with Crippen LogP contribution in [-0.4, -0.2) is 35.2 Å². The summed E-state index contributed by atoms with van der Waals surface area (Å²) in [5.74, 6) is 0.518. The Balaban J connectivity index is 1.86. The predicted molar refractivity (Wildman–Crippen MR) is 58.6 cm³/mol. The number of fused-ring (bicyclic) bond motifs is 1. The molecule has 0 fully saturated rings. The molecule has 0 saturated carbocycles. The Labute approximate surface area is 97.5 Å². The highest BCUT2D eigenvalue weighted by Crippen LogP contribution is 2.15. The second-order valence-electron chi connectivity index (χ2n) is 3.07. The molecule has 9 nitrogen and oxygen atoms in total. The van der Waals surface area contributed by atoms with Gasteiger partial charge in [0.1, 0.15) is 0 Å². The maximum absolute atomic E-state index is 11.4. The second kappa shape index (κ2) is 3.90. The standard InChI is InChI=1S/C7H6N8OS/c16-5-1-2-8-7-15(5)12-6(17-7)9-3-4-10-13-14-11-4/h1-2H,3H2,(H,9,12)(H,10,11,13,14). The van der Waals surface area contributed by atoms with Crippen LogP contribution in [-0.2, 0) is 6.54 Å². The number of hydrogen-bond acceptors (Lipinski definition) is 8. The number of aromatic nitrogens is 7. The van der Waals surface area contributed by atoms with Gasteiger partial charge in [-0.2, -0.15) is 9.73 Å². The fourth-order valence-electron chi connectivity index (χ4n) is 1.23. The number of tetrazole rings is 1. The van der Waals surface area contributed by atoms with E-state index in [0.717, 1.165) is 0 Å². The number of H-pyrrole nitrogens is 1. The molecule has 0 saturated heterocycles. The first-order chi connectivity index (χ1) is 8.33. The van der Waals surface area contributed by atoms with Crippen LogP contribution in [0.4, 0.5) is 5.13 Å². The minimum atomic E-state index is -0.209. The zero-order chi connectivity index (χ0) is 11.7. The monoisotopic (exact) mass is 250 g/mol. The van der Waals surface area contributed by atoms with Crippen LogP contribution in [0.1, 0.15) is 5.82 Å². The van der Waals surface area contributed by atoms with Crippen molar-refractivity contribution in [1.29, 1.82) is 0 Å². The minimum Gasteiger partial charge on any atom is -0.353 e. The van der Waals surface area contributed by atoms with E-state index in [-0.39, 0.29) is 5.56 Å². The molecule has 17 heavy (non-hydrogen) atoms. The first kappa shape index (κ1) is 9.84. The normalized spacial score (nSPS) is 10.8. The molecule has 0 radical (unpaired) electrons. The van der Waals surface area contributed by atoms with Crippen LogP contribution in [0.3, 0.4) is 0 Å². The zero-order valence-electron chi connectivity index (χ0n) is 8.36. The highest BCUT2D eigenvalue weighted by atomic mass is 32.1. The van der Waals surface area contributed by atoms with Crippen LogP contribution >= 0.6 is 11.3 Å². The average Bonchev–Trinajstić information content (AvgIpc) is 2.95. The van der Waals surface area contributed by atoms with Crippen molar-refractivity contribution >= 4 is 21.4 Å².